The van der Waals surface area contributed by atoms with Gasteiger partial charge in [-0.15, -0.1) is 0 Å². The topological polar surface area (TPSA) is 38.8 Å². The monoisotopic (exact) mass is 479 g/mol. The molecule has 0 unspecified atom stereocenters. The minimum Gasteiger partial charge on any atom is -0.466 e. The van der Waals surface area contributed by atoms with Crippen LogP contribution in [-0.4, -0.2) is 50.5 Å². The van der Waals surface area contributed by atoms with Crippen molar-refractivity contribution in [3.05, 3.63) is 60.7 Å². The van der Waals surface area contributed by atoms with E-state index >= 15 is 0 Å². The number of carbonyl (C=O) groups is 1. The maximum Gasteiger partial charge on any atom is 0.305 e. The molecule has 2 aromatic carbocycles. The Morgan fingerprint density at radius 2 is 1.65 bits per heavy atom. The lowest BCUT2D eigenvalue weighted by Crippen LogP contribution is -2.68. The molecular weight excluding hydrogens is 438 g/mol. The Morgan fingerprint density at radius 1 is 1.03 bits per heavy atom. The van der Waals surface area contributed by atoms with Gasteiger partial charge in [0.1, 0.15) is 0 Å². The number of ether oxygens (including phenoxy) is 1. The van der Waals surface area contributed by atoms with Gasteiger partial charge >= 0.3 is 5.97 Å². The molecule has 2 aliphatic heterocycles. The molecule has 2 atom stereocenters. The molecule has 5 heteroatoms. The van der Waals surface area contributed by atoms with Crippen LogP contribution in [0.4, 0.5) is 0 Å². The van der Waals surface area contributed by atoms with Gasteiger partial charge in [0.15, 0.2) is 0 Å². The van der Waals surface area contributed by atoms with E-state index in [1.165, 1.54) is 23.2 Å². The molecule has 2 saturated heterocycles. The zero-order valence-electron chi connectivity index (χ0n) is 21.4. The van der Waals surface area contributed by atoms with Crippen molar-refractivity contribution in [3.63, 3.8) is 0 Å². The largest absolute Gasteiger partial charge is 0.466 e. The number of esters is 1. The lowest BCUT2D eigenvalue weighted by atomic mass is 9.95. The van der Waals surface area contributed by atoms with Crippen LogP contribution < -0.4 is 10.4 Å². The average Bonchev–Trinajstić information content (AvgIpc) is 3.38. The highest BCUT2D eigenvalue weighted by molar-refractivity contribution is 6.99. The summed E-state index contributed by atoms with van der Waals surface area (Å²) >= 11 is 0. The van der Waals surface area contributed by atoms with Gasteiger partial charge in [-0.3, -0.25) is 9.69 Å². The average molecular weight is 480 g/mol. The van der Waals surface area contributed by atoms with Crippen LogP contribution in [0.2, 0.25) is 5.04 Å². The number of hydrogen-bond donors (Lipinski definition) is 0. The van der Waals surface area contributed by atoms with Gasteiger partial charge in [-0.1, -0.05) is 81.4 Å². The Morgan fingerprint density at radius 3 is 2.21 bits per heavy atom. The minimum absolute atomic E-state index is 0.0162. The van der Waals surface area contributed by atoms with Crippen LogP contribution in [-0.2, 0) is 14.0 Å². The first kappa shape index (κ1) is 25.1. The second-order valence-electron chi connectivity index (χ2n) is 11.0. The molecular formula is C29H41NO3Si. The van der Waals surface area contributed by atoms with Gasteiger partial charge in [0.2, 0.25) is 0 Å². The van der Waals surface area contributed by atoms with E-state index in [9.17, 15) is 4.79 Å². The smallest absolute Gasteiger partial charge is 0.305 e. The van der Waals surface area contributed by atoms with Crippen LogP contribution >= 0.6 is 0 Å². The van der Waals surface area contributed by atoms with Crippen LogP contribution in [0.15, 0.2) is 60.7 Å². The predicted molar refractivity (Wildman–Crippen MR) is 141 cm³/mol. The molecule has 4 rings (SSSR count). The predicted octanol–water partition coefficient (Wildman–Crippen LogP) is 4.90. The molecule has 2 fully saturated rings. The standard InChI is InChI=1S/C29H41NO3Si/c1-5-32-27(31)18-17-24-19-21-29(20-12-22-30(24)29)23-33-34(28(2,3)4,25-13-8-6-9-14-25)26-15-10-7-11-16-26/h6-11,13-16,24H,5,12,17-23H2,1-4H3/t24-,29+/m1/s1. The molecule has 0 saturated carbocycles. The summed E-state index contributed by atoms with van der Waals surface area (Å²) < 4.78 is 12.6. The third-order valence-corrected chi connectivity index (χ3v) is 13.0. The zero-order valence-corrected chi connectivity index (χ0v) is 22.4. The van der Waals surface area contributed by atoms with Gasteiger partial charge in [-0.2, -0.15) is 0 Å². The number of benzene rings is 2. The van der Waals surface area contributed by atoms with E-state index in [0.29, 0.717) is 19.1 Å². The molecule has 0 amide bonds. The molecule has 0 spiro atoms. The summed E-state index contributed by atoms with van der Waals surface area (Å²) in [5.41, 5.74) is 0.0897. The molecule has 0 N–H and O–H groups in total. The number of hydrogen-bond acceptors (Lipinski definition) is 4. The Balaban J connectivity index is 1.61. The Hall–Kier alpha value is -1.95. The number of rotatable bonds is 9. The fraction of sp³-hybridized carbons (Fsp3) is 0.552. The summed E-state index contributed by atoms with van der Waals surface area (Å²) in [4.78, 5) is 14.7. The van der Waals surface area contributed by atoms with E-state index in [1.54, 1.807) is 0 Å². The fourth-order valence-corrected chi connectivity index (χ4v) is 11.1. The van der Waals surface area contributed by atoms with Crippen molar-refractivity contribution in [2.24, 2.45) is 0 Å². The first-order valence-corrected chi connectivity index (χ1v) is 14.9. The molecule has 2 aromatic rings. The molecule has 2 aliphatic rings. The second-order valence-corrected chi connectivity index (χ2v) is 15.3. The molecule has 0 radical (unpaired) electrons. The maximum absolute atomic E-state index is 12.0. The Kier molecular flexibility index (Phi) is 7.65. The van der Waals surface area contributed by atoms with Gasteiger partial charge in [0, 0.05) is 18.0 Å². The first-order chi connectivity index (χ1) is 16.3. The van der Waals surface area contributed by atoms with E-state index in [0.717, 1.165) is 32.4 Å². The fourth-order valence-electron chi connectivity index (χ4n) is 6.44. The third-order valence-electron chi connectivity index (χ3n) is 8.00. The molecule has 0 aromatic heterocycles. The summed E-state index contributed by atoms with van der Waals surface area (Å²) in [5.74, 6) is -0.0669. The number of fused-ring (bicyclic) bond motifs is 1. The summed E-state index contributed by atoms with van der Waals surface area (Å²) in [5, 5.41) is 2.66. The van der Waals surface area contributed by atoms with E-state index < -0.39 is 8.32 Å². The van der Waals surface area contributed by atoms with Crippen LogP contribution in [0.5, 0.6) is 0 Å². The minimum atomic E-state index is -2.55. The van der Waals surface area contributed by atoms with Gasteiger partial charge in [0.25, 0.3) is 8.32 Å². The van der Waals surface area contributed by atoms with Crippen molar-refractivity contribution in [1.29, 1.82) is 0 Å². The highest BCUT2D eigenvalue weighted by atomic mass is 28.4. The lowest BCUT2D eigenvalue weighted by molar-refractivity contribution is -0.143. The zero-order chi connectivity index (χ0) is 24.2. The quantitative estimate of drug-likeness (QED) is 0.379. The summed E-state index contributed by atoms with van der Waals surface area (Å²) in [6.45, 7) is 11.2. The Bertz CT molecular complexity index is 903. The van der Waals surface area contributed by atoms with Crippen molar-refractivity contribution < 1.29 is 14.0 Å². The van der Waals surface area contributed by atoms with E-state index in [4.69, 9.17) is 9.16 Å². The number of carbonyl (C=O) groups excluding carboxylic acids is 1. The molecule has 0 bridgehead atoms. The Labute approximate surface area is 206 Å². The molecule has 2 heterocycles. The van der Waals surface area contributed by atoms with Gasteiger partial charge in [-0.05, 0) is 61.0 Å². The van der Waals surface area contributed by atoms with Gasteiger partial charge in [-0.25, -0.2) is 0 Å². The lowest BCUT2D eigenvalue weighted by Gasteiger charge is -2.46. The van der Waals surface area contributed by atoms with E-state index in [-0.39, 0.29) is 16.5 Å². The molecule has 34 heavy (non-hydrogen) atoms. The SMILES string of the molecule is CCOC(=O)CC[C@@H]1CC[C@]2(CO[Si](c3ccccc3)(c3ccccc3)C(C)(C)C)CCCN12. The molecule has 0 aliphatic carbocycles. The van der Waals surface area contributed by atoms with Crippen molar-refractivity contribution in [2.45, 2.75) is 82.8 Å². The summed E-state index contributed by atoms with van der Waals surface area (Å²) in [6, 6.07) is 22.3. The maximum atomic E-state index is 12.0. The van der Waals surface area contributed by atoms with Crippen LogP contribution in [0, 0.1) is 0 Å². The van der Waals surface area contributed by atoms with Crippen molar-refractivity contribution in [2.75, 3.05) is 19.8 Å². The molecule has 4 nitrogen and oxygen atoms in total. The van der Waals surface area contributed by atoms with Gasteiger partial charge < -0.3 is 9.16 Å². The normalized spacial score (nSPS) is 23.1. The highest BCUT2D eigenvalue weighted by Crippen LogP contribution is 2.46. The molecule has 184 valence electrons. The number of nitrogens with zero attached hydrogens (tertiary/aromatic N) is 1. The van der Waals surface area contributed by atoms with E-state index in [2.05, 4.69) is 86.3 Å². The summed E-state index contributed by atoms with van der Waals surface area (Å²) in [6.07, 6.45) is 6.09. The van der Waals surface area contributed by atoms with Crippen molar-refractivity contribution in [1.82, 2.24) is 4.90 Å². The van der Waals surface area contributed by atoms with Crippen molar-refractivity contribution >= 4 is 24.7 Å². The highest BCUT2D eigenvalue weighted by Gasteiger charge is 2.54. The van der Waals surface area contributed by atoms with Crippen molar-refractivity contribution in [3.8, 4) is 0 Å². The van der Waals surface area contributed by atoms with E-state index in [1.807, 2.05) is 6.92 Å². The van der Waals surface area contributed by atoms with Crippen LogP contribution in [0.3, 0.4) is 0 Å². The van der Waals surface area contributed by atoms with Crippen LogP contribution in [0.25, 0.3) is 0 Å². The summed E-state index contributed by atoms with van der Waals surface area (Å²) in [7, 11) is -2.55. The van der Waals surface area contributed by atoms with Crippen LogP contribution in [0.1, 0.15) is 66.2 Å². The van der Waals surface area contributed by atoms with Gasteiger partial charge in [0.05, 0.1) is 13.2 Å². The first-order valence-electron chi connectivity index (χ1n) is 13.0. The third kappa shape index (κ3) is 4.75. The second kappa shape index (κ2) is 10.3.